The van der Waals surface area contributed by atoms with E-state index in [0.717, 1.165) is 11.3 Å². The van der Waals surface area contributed by atoms with Gasteiger partial charge >= 0.3 is 0 Å². The number of likely N-dealkylation sites (tertiary alicyclic amines) is 1. The van der Waals surface area contributed by atoms with Crippen LogP contribution in [-0.2, 0) is 16.1 Å². The summed E-state index contributed by atoms with van der Waals surface area (Å²) in [6, 6.07) is 15.6. The molecule has 1 fully saturated rings. The predicted molar refractivity (Wildman–Crippen MR) is 126 cm³/mol. The first-order chi connectivity index (χ1) is 16.5. The van der Waals surface area contributed by atoms with Crippen LogP contribution in [0.3, 0.4) is 0 Å². The molecule has 4 atom stereocenters. The second-order valence-electron chi connectivity index (χ2n) is 8.75. The minimum atomic E-state index is -0.943. The first-order valence-corrected chi connectivity index (χ1v) is 11.1. The standard InChI is InChI=1S/C25H26N6O3/c1-28(2)19-10-8-18(9-11-19)23(32)21-13-12-20-22(31(21)29-15-26-27-16-29)25(34)30(24(20)33)14-17-6-4-3-5-7-17/h3-13,15-16,20-23,32H,14H2,1-2H3. The molecule has 34 heavy (non-hydrogen) atoms. The second kappa shape index (κ2) is 8.75. The normalized spacial score (nSPS) is 22.7. The molecule has 2 aliphatic rings. The molecule has 4 unspecified atom stereocenters. The summed E-state index contributed by atoms with van der Waals surface area (Å²) in [5, 5.41) is 20.8. The average Bonchev–Trinajstić information content (AvgIpc) is 3.47. The van der Waals surface area contributed by atoms with Crippen LogP contribution in [0.25, 0.3) is 0 Å². The molecule has 2 aliphatic heterocycles. The number of aliphatic hydroxyl groups excluding tert-OH is 1. The molecule has 2 amide bonds. The summed E-state index contributed by atoms with van der Waals surface area (Å²) in [4.78, 5) is 30.1. The third-order valence-corrected chi connectivity index (χ3v) is 6.45. The molecule has 1 saturated heterocycles. The Kier molecular flexibility index (Phi) is 5.62. The zero-order valence-corrected chi connectivity index (χ0v) is 19.0. The number of nitrogens with zero attached hydrogens (tertiary/aromatic N) is 6. The summed E-state index contributed by atoms with van der Waals surface area (Å²) < 4.78 is 1.58. The van der Waals surface area contributed by atoms with Crippen molar-refractivity contribution >= 4 is 17.5 Å². The summed E-state index contributed by atoms with van der Waals surface area (Å²) >= 11 is 0. The molecule has 0 saturated carbocycles. The molecular weight excluding hydrogens is 432 g/mol. The number of aliphatic hydroxyl groups is 1. The maximum Gasteiger partial charge on any atom is 0.255 e. The van der Waals surface area contributed by atoms with E-state index < -0.39 is 24.1 Å². The Morgan fingerprint density at radius 2 is 1.62 bits per heavy atom. The number of benzene rings is 2. The molecule has 0 radical (unpaired) electrons. The highest BCUT2D eigenvalue weighted by Gasteiger charge is 2.53. The molecule has 1 aromatic heterocycles. The van der Waals surface area contributed by atoms with Gasteiger partial charge in [-0.1, -0.05) is 54.6 Å². The van der Waals surface area contributed by atoms with Crippen LogP contribution in [0.15, 0.2) is 79.4 Å². The van der Waals surface area contributed by atoms with Crippen LogP contribution in [0.5, 0.6) is 0 Å². The fourth-order valence-corrected chi connectivity index (χ4v) is 4.66. The van der Waals surface area contributed by atoms with Crippen LogP contribution >= 0.6 is 0 Å². The van der Waals surface area contributed by atoms with Crippen LogP contribution in [0.2, 0.25) is 0 Å². The van der Waals surface area contributed by atoms with Gasteiger partial charge in [0.05, 0.1) is 18.5 Å². The Morgan fingerprint density at radius 3 is 2.26 bits per heavy atom. The van der Waals surface area contributed by atoms with Crippen molar-refractivity contribution < 1.29 is 14.7 Å². The van der Waals surface area contributed by atoms with Crippen molar-refractivity contribution in [1.29, 1.82) is 0 Å². The number of anilines is 1. The average molecular weight is 459 g/mol. The highest BCUT2D eigenvalue weighted by Crippen LogP contribution is 2.35. The fourth-order valence-electron chi connectivity index (χ4n) is 4.66. The molecule has 1 N–H and O–H groups in total. The van der Waals surface area contributed by atoms with Crippen LogP contribution in [0.4, 0.5) is 5.69 Å². The smallest absolute Gasteiger partial charge is 0.255 e. The van der Waals surface area contributed by atoms with E-state index in [4.69, 9.17) is 0 Å². The monoisotopic (exact) mass is 458 g/mol. The molecule has 0 spiro atoms. The Balaban J connectivity index is 1.48. The van der Waals surface area contributed by atoms with E-state index in [9.17, 15) is 14.7 Å². The number of rotatable bonds is 6. The summed E-state index contributed by atoms with van der Waals surface area (Å²) in [7, 11) is 3.90. The lowest BCUT2D eigenvalue weighted by atomic mass is 9.90. The molecule has 0 bridgehead atoms. The fraction of sp³-hybridized carbons (Fsp3) is 0.280. The number of fused-ring (bicyclic) bond motifs is 1. The van der Waals surface area contributed by atoms with E-state index in [0.29, 0.717) is 5.56 Å². The van der Waals surface area contributed by atoms with Crippen LogP contribution in [0.1, 0.15) is 17.2 Å². The van der Waals surface area contributed by atoms with E-state index in [1.165, 1.54) is 17.6 Å². The molecule has 3 heterocycles. The number of carbonyl (C=O) groups is 2. The minimum absolute atomic E-state index is 0.203. The summed E-state index contributed by atoms with van der Waals surface area (Å²) in [5.41, 5.74) is 2.59. The van der Waals surface area contributed by atoms with Gasteiger partial charge in [-0.3, -0.25) is 19.5 Å². The third-order valence-electron chi connectivity index (χ3n) is 6.45. The first-order valence-electron chi connectivity index (χ1n) is 11.1. The Bertz CT molecular complexity index is 1190. The van der Waals surface area contributed by atoms with Gasteiger partial charge in [-0.2, -0.15) is 0 Å². The van der Waals surface area contributed by atoms with Crippen molar-refractivity contribution in [3.8, 4) is 0 Å². The number of carbonyl (C=O) groups excluding carboxylic acids is 2. The van der Waals surface area contributed by atoms with Crippen molar-refractivity contribution in [2.45, 2.75) is 24.7 Å². The van der Waals surface area contributed by atoms with Gasteiger partial charge in [0.15, 0.2) is 0 Å². The number of aromatic nitrogens is 3. The Hall–Kier alpha value is -3.98. The van der Waals surface area contributed by atoms with Crippen LogP contribution in [-0.4, -0.2) is 62.9 Å². The topological polar surface area (TPSA) is 94.8 Å². The molecule has 9 heteroatoms. The van der Waals surface area contributed by atoms with Gasteiger partial charge in [-0.25, -0.2) is 4.68 Å². The van der Waals surface area contributed by atoms with Crippen molar-refractivity contribution in [1.82, 2.24) is 19.8 Å². The molecule has 0 aliphatic carbocycles. The van der Waals surface area contributed by atoms with Gasteiger partial charge in [-0.05, 0) is 23.3 Å². The maximum absolute atomic E-state index is 13.6. The summed E-state index contributed by atoms with van der Waals surface area (Å²) in [6.07, 6.45) is 5.55. The number of hydrogen-bond acceptors (Lipinski definition) is 7. The second-order valence-corrected chi connectivity index (χ2v) is 8.75. The van der Waals surface area contributed by atoms with E-state index in [2.05, 4.69) is 10.2 Å². The number of imide groups is 1. The lowest BCUT2D eigenvalue weighted by Gasteiger charge is -2.41. The van der Waals surface area contributed by atoms with E-state index in [-0.39, 0.29) is 18.4 Å². The lowest BCUT2D eigenvalue weighted by Crippen LogP contribution is -2.58. The molecule has 9 nitrogen and oxygen atoms in total. The Labute approximate surface area is 197 Å². The lowest BCUT2D eigenvalue weighted by molar-refractivity contribution is -0.139. The quantitative estimate of drug-likeness (QED) is 0.442. The molecular formula is C25H26N6O3. The third kappa shape index (κ3) is 3.73. The number of amides is 2. The van der Waals surface area contributed by atoms with Crippen molar-refractivity contribution in [3.63, 3.8) is 0 Å². The van der Waals surface area contributed by atoms with Crippen LogP contribution in [0, 0.1) is 5.92 Å². The van der Waals surface area contributed by atoms with E-state index in [1.807, 2.05) is 73.6 Å². The summed E-state index contributed by atoms with van der Waals surface area (Å²) in [5.74, 6) is -1.22. The molecule has 5 rings (SSSR count). The zero-order valence-electron chi connectivity index (χ0n) is 19.0. The van der Waals surface area contributed by atoms with Gasteiger partial charge in [0, 0.05) is 19.8 Å². The van der Waals surface area contributed by atoms with Gasteiger partial charge in [0.25, 0.3) is 5.91 Å². The van der Waals surface area contributed by atoms with Crippen molar-refractivity contribution in [2.24, 2.45) is 5.92 Å². The SMILES string of the molecule is CN(C)c1ccc(C(O)C2C=CC3C(=O)N(Cc4ccccc4)C(=O)C3N2n2cnnc2)cc1. The minimum Gasteiger partial charge on any atom is -0.386 e. The maximum atomic E-state index is 13.6. The molecule has 2 aromatic carbocycles. The highest BCUT2D eigenvalue weighted by atomic mass is 16.3. The largest absolute Gasteiger partial charge is 0.386 e. The zero-order chi connectivity index (χ0) is 23.8. The molecule has 3 aromatic rings. The van der Waals surface area contributed by atoms with Gasteiger partial charge < -0.3 is 10.0 Å². The van der Waals surface area contributed by atoms with E-state index >= 15 is 0 Å². The van der Waals surface area contributed by atoms with Gasteiger partial charge in [0.2, 0.25) is 5.91 Å². The van der Waals surface area contributed by atoms with Crippen molar-refractivity contribution in [2.75, 3.05) is 24.0 Å². The Morgan fingerprint density at radius 1 is 0.941 bits per heavy atom. The van der Waals surface area contributed by atoms with Gasteiger partial charge in [0.1, 0.15) is 24.8 Å². The van der Waals surface area contributed by atoms with E-state index in [1.54, 1.807) is 21.8 Å². The first kappa shape index (κ1) is 21.8. The molecule has 174 valence electrons. The number of hydrogen-bond donors (Lipinski definition) is 1. The van der Waals surface area contributed by atoms with Crippen LogP contribution < -0.4 is 9.91 Å². The van der Waals surface area contributed by atoms with Crippen molar-refractivity contribution in [3.05, 3.63) is 90.5 Å². The van der Waals surface area contributed by atoms with Gasteiger partial charge in [-0.15, -0.1) is 10.2 Å². The highest BCUT2D eigenvalue weighted by molar-refractivity contribution is 6.09. The summed E-state index contributed by atoms with van der Waals surface area (Å²) in [6.45, 7) is 0.203. The predicted octanol–water partition coefficient (Wildman–Crippen LogP) is 1.51.